The third-order valence-corrected chi connectivity index (χ3v) is 3.29. The predicted molar refractivity (Wildman–Crippen MR) is 80.6 cm³/mol. The summed E-state index contributed by atoms with van der Waals surface area (Å²) in [5, 5.41) is 11.0. The predicted octanol–water partition coefficient (Wildman–Crippen LogP) is 3.90. The van der Waals surface area contributed by atoms with Crippen LogP contribution in [0.15, 0.2) is 41.0 Å². The lowest BCUT2D eigenvalue weighted by Crippen LogP contribution is -2.07. The summed E-state index contributed by atoms with van der Waals surface area (Å²) < 4.78 is 11.6. The summed E-state index contributed by atoms with van der Waals surface area (Å²) in [7, 11) is 1.56. The van der Waals surface area contributed by atoms with Crippen LogP contribution in [0.25, 0.3) is 0 Å². The number of methoxy groups -OCH3 is 1. The molecule has 1 unspecified atom stereocenters. The van der Waals surface area contributed by atoms with Gasteiger partial charge in [-0.25, -0.2) is 0 Å². The molecule has 7 heteroatoms. The Morgan fingerprint density at radius 1 is 1.33 bits per heavy atom. The lowest BCUT2D eigenvalue weighted by molar-refractivity contribution is -0.390. The minimum Gasteiger partial charge on any atom is -0.496 e. The zero-order valence-electron chi connectivity index (χ0n) is 11.4. The van der Waals surface area contributed by atoms with Crippen LogP contribution in [0, 0.1) is 10.1 Å². The number of halogens is 1. The molecule has 0 radical (unpaired) electrons. The van der Waals surface area contributed by atoms with E-state index in [0.717, 1.165) is 5.56 Å². The highest BCUT2D eigenvalue weighted by molar-refractivity contribution is 9.10. The van der Waals surface area contributed by atoms with Crippen molar-refractivity contribution in [3.8, 4) is 11.5 Å². The number of nitrogens with zero attached hydrogens (tertiary/aromatic N) is 2. The Morgan fingerprint density at radius 2 is 2.05 bits per heavy atom. The highest BCUT2D eigenvalue weighted by Crippen LogP contribution is 2.33. The second-order valence-corrected chi connectivity index (χ2v) is 5.15. The van der Waals surface area contributed by atoms with E-state index in [1.165, 1.54) is 12.3 Å². The second-order valence-electron chi connectivity index (χ2n) is 4.23. The quantitative estimate of drug-likeness (QED) is 0.602. The molecular weight excluding hydrogens is 340 g/mol. The number of nitro groups is 1. The Balaban J connectivity index is 2.33. The Hall–Kier alpha value is -2.15. The SMILES string of the molecule is COc1ccccc1C(C)Oc1cc(Br)cnc1[N+](=O)[O-]. The topological polar surface area (TPSA) is 74.5 Å². The number of benzene rings is 1. The monoisotopic (exact) mass is 352 g/mol. The Bertz CT molecular complexity index is 663. The van der Waals surface area contributed by atoms with Gasteiger partial charge in [0.25, 0.3) is 0 Å². The minimum absolute atomic E-state index is 0.104. The smallest absolute Gasteiger partial charge is 0.406 e. The number of hydrogen-bond acceptors (Lipinski definition) is 5. The zero-order chi connectivity index (χ0) is 15.4. The summed E-state index contributed by atoms with van der Waals surface area (Å²) in [6.07, 6.45) is 0.939. The van der Waals surface area contributed by atoms with Crippen molar-refractivity contribution in [2.75, 3.05) is 7.11 Å². The van der Waals surface area contributed by atoms with Crippen LogP contribution in [0.4, 0.5) is 5.82 Å². The van der Waals surface area contributed by atoms with Crippen molar-refractivity contribution < 1.29 is 14.4 Å². The molecule has 0 saturated carbocycles. The first-order valence-electron chi connectivity index (χ1n) is 6.12. The van der Waals surface area contributed by atoms with Gasteiger partial charge in [-0.3, -0.25) is 0 Å². The molecule has 21 heavy (non-hydrogen) atoms. The van der Waals surface area contributed by atoms with E-state index in [2.05, 4.69) is 20.9 Å². The highest BCUT2D eigenvalue weighted by Gasteiger charge is 2.21. The van der Waals surface area contributed by atoms with Crippen molar-refractivity contribution in [2.24, 2.45) is 0 Å². The molecule has 0 aliphatic rings. The molecule has 1 heterocycles. The second kappa shape index (κ2) is 6.53. The van der Waals surface area contributed by atoms with Crippen molar-refractivity contribution in [2.45, 2.75) is 13.0 Å². The van der Waals surface area contributed by atoms with Gasteiger partial charge in [0.1, 0.15) is 11.9 Å². The molecule has 0 saturated heterocycles. The first-order chi connectivity index (χ1) is 10.0. The average molecular weight is 353 g/mol. The van der Waals surface area contributed by atoms with Crippen LogP contribution in [0.5, 0.6) is 11.5 Å². The van der Waals surface area contributed by atoms with Gasteiger partial charge >= 0.3 is 5.82 Å². The van der Waals surface area contributed by atoms with E-state index in [-0.39, 0.29) is 11.6 Å². The van der Waals surface area contributed by atoms with Crippen LogP contribution >= 0.6 is 15.9 Å². The molecule has 6 nitrogen and oxygen atoms in total. The standard InChI is InChI=1S/C14H13BrN2O4/c1-9(11-5-3-4-6-12(11)20-2)21-13-7-10(15)8-16-14(13)17(18)19/h3-9H,1-2H3. The van der Waals surface area contributed by atoms with Crippen molar-refractivity contribution >= 4 is 21.7 Å². The van der Waals surface area contributed by atoms with Crippen molar-refractivity contribution in [1.82, 2.24) is 4.98 Å². The van der Waals surface area contributed by atoms with E-state index in [1.807, 2.05) is 24.3 Å². The Morgan fingerprint density at radius 3 is 2.71 bits per heavy atom. The van der Waals surface area contributed by atoms with Gasteiger partial charge < -0.3 is 19.6 Å². The van der Waals surface area contributed by atoms with Gasteiger partial charge in [-0.2, -0.15) is 0 Å². The number of aromatic nitrogens is 1. The number of rotatable bonds is 5. The molecular formula is C14H13BrN2O4. The van der Waals surface area contributed by atoms with E-state index in [0.29, 0.717) is 10.2 Å². The van der Waals surface area contributed by atoms with Crippen molar-refractivity contribution in [1.29, 1.82) is 0 Å². The fourth-order valence-corrected chi connectivity index (χ4v) is 2.20. The summed E-state index contributed by atoms with van der Waals surface area (Å²) >= 11 is 3.23. The highest BCUT2D eigenvalue weighted by atomic mass is 79.9. The van der Waals surface area contributed by atoms with E-state index >= 15 is 0 Å². The van der Waals surface area contributed by atoms with E-state index in [1.54, 1.807) is 14.0 Å². The van der Waals surface area contributed by atoms with Crippen LogP contribution in [-0.4, -0.2) is 17.0 Å². The van der Waals surface area contributed by atoms with Crippen LogP contribution in [-0.2, 0) is 0 Å². The van der Waals surface area contributed by atoms with Gasteiger partial charge in [0.2, 0.25) is 5.75 Å². The van der Waals surface area contributed by atoms with Gasteiger partial charge in [-0.05, 0) is 38.8 Å². The van der Waals surface area contributed by atoms with E-state index < -0.39 is 11.0 Å². The molecule has 110 valence electrons. The third kappa shape index (κ3) is 3.49. The maximum absolute atomic E-state index is 11.0. The molecule has 0 aliphatic heterocycles. The Kier molecular flexibility index (Phi) is 4.74. The summed E-state index contributed by atoms with van der Waals surface area (Å²) in [6, 6.07) is 8.88. The van der Waals surface area contributed by atoms with Crippen LogP contribution in [0.2, 0.25) is 0 Å². The normalized spacial score (nSPS) is 11.8. The van der Waals surface area contributed by atoms with Crippen LogP contribution in [0.3, 0.4) is 0 Å². The molecule has 0 fully saturated rings. The molecule has 0 N–H and O–H groups in total. The maximum atomic E-state index is 11.0. The lowest BCUT2D eigenvalue weighted by Gasteiger charge is -2.17. The fraction of sp³-hybridized carbons (Fsp3) is 0.214. The molecule has 1 aromatic heterocycles. The Labute approximate surface area is 130 Å². The van der Waals surface area contributed by atoms with Crippen LogP contribution in [0.1, 0.15) is 18.6 Å². The molecule has 0 aliphatic carbocycles. The lowest BCUT2D eigenvalue weighted by atomic mass is 10.1. The first kappa shape index (κ1) is 15.2. The number of pyridine rings is 1. The van der Waals surface area contributed by atoms with E-state index in [9.17, 15) is 10.1 Å². The number of para-hydroxylation sites is 1. The molecule has 0 spiro atoms. The number of ether oxygens (including phenoxy) is 2. The molecule has 0 bridgehead atoms. The summed E-state index contributed by atoms with van der Waals surface area (Å²) in [5.41, 5.74) is 0.800. The van der Waals surface area contributed by atoms with Gasteiger partial charge in [-0.1, -0.05) is 18.2 Å². The van der Waals surface area contributed by atoms with E-state index in [4.69, 9.17) is 9.47 Å². The first-order valence-corrected chi connectivity index (χ1v) is 6.91. The third-order valence-electron chi connectivity index (χ3n) is 2.85. The minimum atomic E-state index is -0.573. The molecule has 1 aromatic carbocycles. The average Bonchev–Trinajstić information content (AvgIpc) is 2.46. The fourth-order valence-electron chi connectivity index (χ4n) is 1.89. The summed E-state index contributed by atoms with van der Waals surface area (Å²) in [4.78, 5) is 14.2. The summed E-state index contributed by atoms with van der Waals surface area (Å²) in [6.45, 7) is 1.79. The maximum Gasteiger partial charge on any atom is 0.406 e. The molecule has 2 rings (SSSR count). The largest absolute Gasteiger partial charge is 0.496 e. The van der Waals surface area contributed by atoms with Gasteiger partial charge in [0, 0.05) is 11.6 Å². The van der Waals surface area contributed by atoms with Gasteiger partial charge in [-0.15, -0.1) is 0 Å². The van der Waals surface area contributed by atoms with Crippen molar-refractivity contribution in [3.05, 3.63) is 56.7 Å². The molecule has 2 aromatic rings. The molecule has 0 amide bonds. The molecule has 1 atom stereocenters. The van der Waals surface area contributed by atoms with Crippen LogP contribution < -0.4 is 9.47 Å². The van der Waals surface area contributed by atoms with Gasteiger partial charge in [0.15, 0.2) is 6.20 Å². The summed E-state index contributed by atoms with van der Waals surface area (Å²) in [5.74, 6) is 0.448. The number of hydrogen-bond donors (Lipinski definition) is 0. The van der Waals surface area contributed by atoms with Crippen molar-refractivity contribution in [3.63, 3.8) is 0 Å². The zero-order valence-corrected chi connectivity index (χ0v) is 13.0. The van der Waals surface area contributed by atoms with Gasteiger partial charge in [0.05, 0.1) is 11.6 Å².